The van der Waals surface area contributed by atoms with Crippen LogP contribution in [0.5, 0.6) is 0 Å². The lowest BCUT2D eigenvalue weighted by Gasteiger charge is -2.10. The van der Waals surface area contributed by atoms with Crippen LogP contribution < -0.4 is 4.72 Å². The molecule has 0 saturated heterocycles. The number of sulfonamides is 1. The first kappa shape index (κ1) is 16.5. The maximum Gasteiger partial charge on any atom is 0.261 e. The van der Waals surface area contributed by atoms with E-state index in [0.717, 1.165) is 23.4 Å². The Labute approximate surface area is 131 Å². The zero-order valence-corrected chi connectivity index (χ0v) is 14.1. The first-order valence-corrected chi connectivity index (χ1v) is 9.87. The summed E-state index contributed by atoms with van der Waals surface area (Å²) in [7, 11) is -7.31. The molecule has 0 heterocycles. The van der Waals surface area contributed by atoms with Gasteiger partial charge in [0, 0.05) is 11.9 Å². The fourth-order valence-electron chi connectivity index (χ4n) is 2.12. The smallest absolute Gasteiger partial charge is 0.261 e. The van der Waals surface area contributed by atoms with E-state index in [1.165, 1.54) is 18.2 Å². The summed E-state index contributed by atoms with van der Waals surface area (Å²) in [5, 5.41) is 0. The SMILES string of the molecule is Cc1cc(C)cc(NS(=O)(=O)c2cccc(S(C)(=O)=O)c2)c1. The predicted molar refractivity (Wildman–Crippen MR) is 86.3 cm³/mol. The highest BCUT2D eigenvalue weighted by atomic mass is 32.2. The molecule has 0 aliphatic heterocycles. The lowest BCUT2D eigenvalue weighted by atomic mass is 10.1. The largest absolute Gasteiger partial charge is 0.280 e. The molecule has 0 atom stereocenters. The van der Waals surface area contributed by atoms with Gasteiger partial charge in [-0.05, 0) is 55.3 Å². The van der Waals surface area contributed by atoms with Gasteiger partial charge in [0.25, 0.3) is 10.0 Å². The molecule has 0 fully saturated rings. The van der Waals surface area contributed by atoms with Gasteiger partial charge in [0.1, 0.15) is 0 Å². The molecule has 0 aromatic heterocycles. The highest BCUT2D eigenvalue weighted by Crippen LogP contribution is 2.21. The monoisotopic (exact) mass is 339 g/mol. The number of sulfone groups is 1. The summed E-state index contributed by atoms with van der Waals surface area (Å²) in [6.07, 6.45) is 1.04. The van der Waals surface area contributed by atoms with Crippen molar-refractivity contribution >= 4 is 25.5 Å². The standard InChI is InChI=1S/C15H17NO4S2/c1-11-7-12(2)9-13(8-11)16-22(19,20)15-6-4-5-14(10-15)21(3,17)18/h4-10,16H,1-3H3. The number of rotatable bonds is 4. The van der Waals surface area contributed by atoms with E-state index >= 15 is 0 Å². The quantitative estimate of drug-likeness (QED) is 0.928. The molecule has 2 aromatic carbocycles. The van der Waals surface area contributed by atoms with E-state index in [-0.39, 0.29) is 9.79 Å². The normalized spacial score (nSPS) is 12.1. The van der Waals surface area contributed by atoms with Crippen LogP contribution in [0.15, 0.2) is 52.3 Å². The van der Waals surface area contributed by atoms with Crippen molar-refractivity contribution in [2.75, 3.05) is 11.0 Å². The second kappa shape index (κ2) is 5.73. The third-order valence-corrected chi connectivity index (χ3v) is 5.51. The Bertz CT molecular complexity index is 896. The minimum absolute atomic E-state index is 0.0317. The van der Waals surface area contributed by atoms with Gasteiger partial charge in [-0.1, -0.05) is 12.1 Å². The van der Waals surface area contributed by atoms with Gasteiger partial charge >= 0.3 is 0 Å². The van der Waals surface area contributed by atoms with Crippen LogP contribution in [0.25, 0.3) is 0 Å². The third kappa shape index (κ3) is 3.86. The summed E-state index contributed by atoms with van der Waals surface area (Å²) >= 11 is 0. The molecule has 0 aliphatic carbocycles. The summed E-state index contributed by atoms with van der Waals surface area (Å²) in [5.74, 6) is 0. The maximum absolute atomic E-state index is 12.4. The summed E-state index contributed by atoms with van der Waals surface area (Å²) in [5.41, 5.74) is 2.31. The molecule has 118 valence electrons. The molecule has 0 amide bonds. The van der Waals surface area contributed by atoms with Crippen LogP contribution in [0.2, 0.25) is 0 Å². The van der Waals surface area contributed by atoms with Crippen molar-refractivity contribution < 1.29 is 16.8 Å². The van der Waals surface area contributed by atoms with Gasteiger partial charge in [-0.3, -0.25) is 4.72 Å². The van der Waals surface area contributed by atoms with E-state index in [1.807, 2.05) is 19.9 Å². The number of aryl methyl sites for hydroxylation is 2. The molecule has 0 unspecified atom stereocenters. The van der Waals surface area contributed by atoms with Gasteiger partial charge in [-0.2, -0.15) is 0 Å². The summed E-state index contributed by atoms with van der Waals surface area (Å²) in [6.45, 7) is 3.74. The Morgan fingerprint density at radius 3 is 1.91 bits per heavy atom. The molecule has 0 saturated carbocycles. The van der Waals surface area contributed by atoms with Gasteiger partial charge in [0.2, 0.25) is 0 Å². The molecule has 5 nitrogen and oxygen atoms in total. The zero-order valence-electron chi connectivity index (χ0n) is 12.5. The molecule has 0 radical (unpaired) electrons. The van der Waals surface area contributed by atoms with Crippen LogP contribution in [0.3, 0.4) is 0 Å². The van der Waals surface area contributed by atoms with Crippen LogP contribution in [0.4, 0.5) is 5.69 Å². The molecular weight excluding hydrogens is 322 g/mol. The van der Waals surface area contributed by atoms with Gasteiger partial charge in [0.05, 0.1) is 9.79 Å². The van der Waals surface area contributed by atoms with Gasteiger partial charge in [-0.15, -0.1) is 0 Å². The number of hydrogen-bond acceptors (Lipinski definition) is 4. The Balaban J connectivity index is 2.43. The fraction of sp³-hybridized carbons (Fsp3) is 0.200. The van der Waals surface area contributed by atoms with Gasteiger partial charge in [0.15, 0.2) is 9.84 Å². The highest BCUT2D eigenvalue weighted by molar-refractivity contribution is 7.93. The van der Waals surface area contributed by atoms with Gasteiger partial charge in [-0.25, -0.2) is 16.8 Å². The van der Waals surface area contributed by atoms with E-state index < -0.39 is 19.9 Å². The lowest BCUT2D eigenvalue weighted by Crippen LogP contribution is -2.13. The summed E-state index contributed by atoms with van der Waals surface area (Å²) < 4.78 is 50.4. The van der Waals surface area contributed by atoms with E-state index in [9.17, 15) is 16.8 Å². The number of anilines is 1. The van der Waals surface area contributed by atoms with E-state index in [4.69, 9.17) is 0 Å². The molecule has 22 heavy (non-hydrogen) atoms. The molecular formula is C15H17NO4S2. The average Bonchev–Trinajstić information content (AvgIpc) is 2.36. The van der Waals surface area contributed by atoms with Crippen LogP contribution in [-0.4, -0.2) is 23.1 Å². The lowest BCUT2D eigenvalue weighted by molar-refractivity contribution is 0.599. The predicted octanol–water partition coefficient (Wildman–Crippen LogP) is 2.51. The first-order chi connectivity index (χ1) is 10.1. The van der Waals surface area contributed by atoms with E-state index in [0.29, 0.717) is 5.69 Å². The number of nitrogens with one attached hydrogen (secondary N) is 1. The van der Waals surface area contributed by atoms with E-state index in [1.54, 1.807) is 12.1 Å². The Morgan fingerprint density at radius 1 is 0.818 bits per heavy atom. The van der Waals surface area contributed by atoms with Crippen molar-refractivity contribution in [1.82, 2.24) is 0 Å². The van der Waals surface area contributed by atoms with Gasteiger partial charge < -0.3 is 0 Å². The maximum atomic E-state index is 12.4. The first-order valence-electron chi connectivity index (χ1n) is 6.49. The van der Waals surface area contributed by atoms with Crippen molar-refractivity contribution in [1.29, 1.82) is 0 Å². The van der Waals surface area contributed by atoms with Crippen molar-refractivity contribution in [3.8, 4) is 0 Å². The minimum atomic E-state index is -3.84. The molecule has 2 aromatic rings. The van der Waals surface area contributed by atoms with Crippen LogP contribution in [-0.2, 0) is 19.9 Å². The second-order valence-electron chi connectivity index (χ2n) is 5.23. The molecule has 0 spiro atoms. The van der Waals surface area contributed by atoms with Crippen molar-refractivity contribution in [2.45, 2.75) is 23.6 Å². The Hall–Kier alpha value is -1.86. The number of benzene rings is 2. The molecule has 0 bridgehead atoms. The van der Waals surface area contributed by atoms with Crippen molar-refractivity contribution in [2.24, 2.45) is 0 Å². The zero-order chi connectivity index (χ0) is 16.5. The molecule has 1 N–H and O–H groups in total. The number of hydrogen-bond donors (Lipinski definition) is 1. The van der Waals surface area contributed by atoms with E-state index in [2.05, 4.69) is 4.72 Å². The molecule has 2 rings (SSSR count). The highest BCUT2D eigenvalue weighted by Gasteiger charge is 2.17. The molecule has 0 aliphatic rings. The second-order valence-corrected chi connectivity index (χ2v) is 8.93. The average molecular weight is 339 g/mol. The van der Waals surface area contributed by atoms with Crippen LogP contribution in [0.1, 0.15) is 11.1 Å². The Morgan fingerprint density at radius 2 is 1.36 bits per heavy atom. The summed E-state index contributed by atoms with van der Waals surface area (Å²) in [4.78, 5) is -0.120. The topological polar surface area (TPSA) is 80.3 Å². The van der Waals surface area contributed by atoms with Crippen LogP contribution in [0, 0.1) is 13.8 Å². The van der Waals surface area contributed by atoms with Crippen molar-refractivity contribution in [3.63, 3.8) is 0 Å². The fourth-order valence-corrected chi connectivity index (χ4v) is 3.95. The molecule has 7 heteroatoms. The summed E-state index contributed by atoms with van der Waals surface area (Å²) in [6, 6.07) is 10.6. The third-order valence-electron chi connectivity index (χ3n) is 3.02. The van der Waals surface area contributed by atoms with Crippen LogP contribution >= 0.6 is 0 Å². The Kier molecular flexibility index (Phi) is 4.30. The minimum Gasteiger partial charge on any atom is -0.280 e. The van der Waals surface area contributed by atoms with Crippen molar-refractivity contribution in [3.05, 3.63) is 53.6 Å².